The van der Waals surface area contributed by atoms with Crippen LogP contribution in [0.2, 0.25) is 0 Å². The molecule has 0 aromatic carbocycles. The zero-order valence-electron chi connectivity index (χ0n) is 26.1. The zero-order valence-corrected chi connectivity index (χ0v) is 27.7. The quantitative estimate of drug-likeness (QED) is 0.0131. The number of aliphatic imine (C=N–C) groups is 1. The molecule has 49 heavy (non-hydrogen) atoms. The van der Waals surface area contributed by atoms with Crippen LogP contribution in [0.4, 0.5) is 0 Å². The van der Waals surface area contributed by atoms with Crippen LogP contribution in [0.15, 0.2) is 4.99 Å². The molecule has 14 N–H and O–H groups in total. The second-order valence-electron chi connectivity index (χ2n) is 10.1. The largest absolute Gasteiger partial charge is 0.481 e. The van der Waals surface area contributed by atoms with Crippen LogP contribution in [-0.2, 0) is 47.9 Å². The van der Waals surface area contributed by atoms with E-state index < -0.39 is 97.0 Å². The van der Waals surface area contributed by atoms with Crippen LogP contribution < -0.4 is 38.5 Å². The van der Waals surface area contributed by atoms with Gasteiger partial charge >= 0.3 is 23.9 Å². The van der Waals surface area contributed by atoms with Crippen molar-refractivity contribution in [3.63, 3.8) is 0 Å². The van der Waals surface area contributed by atoms with E-state index in [1.165, 1.54) is 0 Å². The molecule has 0 fully saturated rings. The van der Waals surface area contributed by atoms with Crippen molar-refractivity contribution < 1.29 is 68.3 Å². The summed E-state index contributed by atoms with van der Waals surface area (Å²) in [6.07, 6.45) is -3.14. The number of nitrogens with two attached hydrogens (primary N) is 3. The molecule has 0 aliphatic carbocycles. The van der Waals surface area contributed by atoms with Gasteiger partial charge in [0.25, 0.3) is 6.47 Å². The molecule has 22 nitrogen and oxygen atoms in total. The van der Waals surface area contributed by atoms with Crippen molar-refractivity contribution >= 4 is 81.5 Å². The van der Waals surface area contributed by atoms with E-state index in [2.05, 4.69) is 25.7 Å². The van der Waals surface area contributed by atoms with Crippen LogP contribution >= 0.6 is 21.6 Å². The van der Waals surface area contributed by atoms with Crippen molar-refractivity contribution in [3.05, 3.63) is 0 Å². The number of aliphatic carboxylic acids is 4. The molecular formula is C25H40N8O14S2. The predicted molar refractivity (Wildman–Crippen MR) is 172 cm³/mol. The molecule has 0 saturated carbocycles. The number of hydrogen-bond donors (Lipinski definition) is 11. The molecule has 0 aliphatic heterocycles. The Balaban J connectivity index is 5.93. The number of carbonyl (C=O) groups excluding carboxylic acids is 5. The van der Waals surface area contributed by atoms with E-state index in [1.807, 2.05) is 5.32 Å². The van der Waals surface area contributed by atoms with Gasteiger partial charge in [0.1, 0.15) is 30.8 Å². The van der Waals surface area contributed by atoms with Crippen molar-refractivity contribution in [2.24, 2.45) is 22.2 Å². The van der Waals surface area contributed by atoms with Crippen molar-refractivity contribution in [2.45, 2.75) is 74.5 Å². The van der Waals surface area contributed by atoms with Crippen LogP contribution in [0.1, 0.15) is 39.0 Å². The van der Waals surface area contributed by atoms with E-state index in [-0.39, 0.29) is 49.4 Å². The Kier molecular flexibility index (Phi) is 21.2. The van der Waals surface area contributed by atoms with Crippen LogP contribution in [0.5, 0.6) is 0 Å². The maximum atomic E-state index is 13.2. The number of rotatable bonds is 26. The summed E-state index contributed by atoms with van der Waals surface area (Å²) in [5, 5.41) is 45.3. The number of nitrogens with zero attached hydrogens (tertiary/aromatic N) is 1. The molecular weight excluding hydrogens is 700 g/mol. The van der Waals surface area contributed by atoms with Gasteiger partial charge in [-0.3, -0.25) is 43.3 Å². The number of nitrogens with one attached hydrogen (secondary N) is 4. The third-order valence-corrected chi connectivity index (χ3v) is 8.69. The highest BCUT2D eigenvalue weighted by Crippen LogP contribution is 2.27. The molecule has 0 rings (SSSR count). The molecule has 0 spiro atoms. The smallest absolute Gasteiger partial charge is 0.327 e. The lowest BCUT2D eigenvalue weighted by Crippen LogP contribution is -2.59. The maximum absolute atomic E-state index is 13.2. The molecule has 0 radical (unpaired) electrons. The fourth-order valence-corrected chi connectivity index (χ4v) is 5.83. The minimum absolute atomic E-state index is 0.0232. The number of carboxylic acids is 4. The second-order valence-corrected chi connectivity index (χ2v) is 12.9. The third kappa shape index (κ3) is 20.2. The first-order chi connectivity index (χ1) is 22.9. The first-order valence-electron chi connectivity index (χ1n) is 14.1. The highest BCUT2D eigenvalue weighted by atomic mass is 33.1. The molecule has 0 aromatic rings. The van der Waals surface area contributed by atoms with Gasteiger partial charge in [-0.2, -0.15) is 0 Å². The average Bonchev–Trinajstić information content (AvgIpc) is 2.98. The summed E-state index contributed by atoms with van der Waals surface area (Å²) in [6.45, 7) is 1.91. The number of hydrogen-bond acceptors (Lipinski definition) is 14. The number of ether oxygens (including phenoxy) is 1. The Morgan fingerprint density at radius 1 is 0.755 bits per heavy atom. The van der Waals surface area contributed by atoms with E-state index in [0.29, 0.717) is 0 Å². The SMILES string of the molecule is CC(COC=O)SSC[C@H](NC(=O)[C@H](CC(=O)O)NC(=O)[C@H](CC(=O)O)NC(=O)[C@H](CCCN=C(N)N)NC(=O)[C@@H](N)CC(=O)O)C(=O)O. The van der Waals surface area contributed by atoms with Crippen molar-refractivity contribution in [2.75, 3.05) is 18.9 Å². The molecule has 0 aromatic heterocycles. The summed E-state index contributed by atoms with van der Waals surface area (Å²) in [5.41, 5.74) is 16.1. The number of guanidine groups is 1. The molecule has 0 heterocycles. The summed E-state index contributed by atoms with van der Waals surface area (Å²) in [4.78, 5) is 111. The first-order valence-corrected chi connectivity index (χ1v) is 16.5. The molecule has 0 bridgehead atoms. The van der Waals surface area contributed by atoms with Gasteiger partial charge in [-0.15, -0.1) is 0 Å². The Morgan fingerprint density at radius 2 is 1.22 bits per heavy atom. The molecule has 24 heteroatoms. The lowest BCUT2D eigenvalue weighted by molar-refractivity contribution is -0.144. The van der Waals surface area contributed by atoms with Crippen molar-refractivity contribution in [1.82, 2.24) is 21.3 Å². The Labute approximate surface area is 286 Å². The number of carboxylic acid groups (broad SMARTS) is 4. The van der Waals surface area contributed by atoms with Crippen LogP contribution in [0, 0.1) is 0 Å². The molecule has 1 unspecified atom stereocenters. The minimum Gasteiger partial charge on any atom is -0.481 e. The van der Waals surface area contributed by atoms with Gasteiger partial charge < -0.3 is 63.6 Å². The van der Waals surface area contributed by atoms with Gasteiger partial charge in [-0.1, -0.05) is 21.6 Å². The lowest BCUT2D eigenvalue weighted by Gasteiger charge is -2.25. The molecule has 276 valence electrons. The third-order valence-electron chi connectivity index (χ3n) is 5.81. The lowest BCUT2D eigenvalue weighted by atomic mass is 10.1. The second kappa shape index (κ2) is 23.5. The summed E-state index contributed by atoms with van der Waals surface area (Å²) >= 11 is 0. The Hall–Kier alpha value is -4.84. The molecule has 6 atom stereocenters. The number of carbonyl (C=O) groups is 9. The van der Waals surface area contributed by atoms with Gasteiger partial charge in [0.05, 0.1) is 25.3 Å². The van der Waals surface area contributed by atoms with E-state index in [9.17, 15) is 58.5 Å². The fraction of sp³-hybridized carbons (Fsp3) is 0.600. The minimum atomic E-state index is -1.96. The first kappa shape index (κ1) is 44.2. The van der Waals surface area contributed by atoms with Gasteiger partial charge in [0.2, 0.25) is 23.6 Å². The summed E-state index contributed by atoms with van der Waals surface area (Å²) < 4.78 is 4.60. The fourth-order valence-electron chi connectivity index (χ4n) is 3.52. The van der Waals surface area contributed by atoms with Crippen LogP contribution in [0.3, 0.4) is 0 Å². The summed E-state index contributed by atoms with van der Waals surface area (Å²) in [5.74, 6) is -11.5. The van der Waals surface area contributed by atoms with Crippen molar-refractivity contribution in [3.8, 4) is 0 Å². The Bertz CT molecular complexity index is 1240. The summed E-state index contributed by atoms with van der Waals surface area (Å²) in [7, 11) is 2.12. The van der Waals surface area contributed by atoms with E-state index in [0.717, 1.165) is 21.6 Å². The van der Waals surface area contributed by atoms with E-state index in [4.69, 9.17) is 22.3 Å². The highest BCUT2D eigenvalue weighted by molar-refractivity contribution is 8.77. The number of amides is 4. The Morgan fingerprint density at radius 3 is 1.67 bits per heavy atom. The van der Waals surface area contributed by atoms with Gasteiger partial charge in [0, 0.05) is 17.5 Å². The van der Waals surface area contributed by atoms with Crippen molar-refractivity contribution in [1.29, 1.82) is 0 Å². The molecule has 4 amide bonds. The predicted octanol–water partition coefficient (Wildman–Crippen LogP) is -4.24. The maximum Gasteiger partial charge on any atom is 0.327 e. The average molecular weight is 741 g/mol. The van der Waals surface area contributed by atoms with E-state index in [1.54, 1.807) is 6.92 Å². The van der Waals surface area contributed by atoms with Crippen LogP contribution in [0.25, 0.3) is 0 Å². The van der Waals surface area contributed by atoms with Gasteiger partial charge in [-0.05, 0) is 19.8 Å². The highest BCUT2D eigenvalue weighted by Gasteiger charge is 2.34. The topological polar surface area (TPSA) is 382 Å². The monoisotopic (exact) mass is 740 g/mol. The standard InChI is InChI=1S/C25H40N8O14S2/c1-11(8-47-10-34)49-48-9-16(24(45)46)33-23(44)15(7-19(39)40)32-22(43)14(6-18(37)38)31-21(42)13(3-2-4-29-25(27)28)30-20(41)12(26)5-17(35)36/h10-16H,2-9,26H2,1H3,(H,30,41)(H,31,42)(H,32,43)(H,33,44)(H,35,36)(H,37,38)(H,39,40)(H,45,46)(H4,27,28,29)/t11?,12-,13-,14-,15-,16-/m0/s1. The van der Waals surface area contributed by atoms with E-state index >= 15 is 0 Å². The molecule has 0 aliphatic rings. The summed E-state index contributed by atoms with van der Waals surface area (Å²) in [6, 6.07) is -8.60. The zero-order chi connectivity index (χ0) is 37.7. The normalized spacial score (nSPS) is 14.2. The van der Waals surface area contributed by atoms with Gasteiger partial charge in [0.15, 0.2) is 5.96 Å². The van der Waals surface area contributed by atoms with Gasteiger partial charge in [-0.25, -0.2) is 4.79 Å². The van der Waals surface area contributed by atoms with Crippen LogP contribution in [-0.4, -0.2) is 135 Å². The molecule has 0 saturated heterocycles.